The molecular formula is C27H20F3N5O3. The minimum Gasteiger partial charge on any atom is -0.462 e. The zero-order chi connectivity index (χ0) is 26.7. The molecule has 0 fully saturated rings. The van der Waals surface area contributed by atoms with Gasteiger partial charge in [-0.3, -0.25) is 0 Å². The van der Waals surface area contributed by atoms with Crippen molar-refractivity contribution in [3.05, 3.63) is 103 Å². The Morgan fingerprint density at radius 3 is 2.21 bits per heavy atom. The summed E-state index contributed by atoms with van der Waals surface area (Å²) in [6, 6.07) is 22.8. The molecule has 11 heteroatoms. The number of aromatic nitrogens is 5. The normalized spacial score (nSPS) is 11.4. The summed E-state index contributed by atoms with van der Waals surface area (Å²) in [5.41, 5.74) is 0.252. The van der Waals surface area contributed by atoms with Crippen molar-refractivity contribution >= 4 is 5.97 Å². The van der Waals surface area contributed by atoms with Gasteiger partial charge in [-0.2, -0.15) is 18.3 Å². The summed E-state index contributed by atoms with van der Waals surface area (Å²) >= 11 is 0. The van der Waals surface area contributed by atoms with Gasteiger partial charge in [-0.1, -0.05) is 23.4 Å². The molecule has 0 unspecified atom stereocenters. The first-order valence-corrected chi connectivity index (χ1v) is 11.5. The Balaban J connectivity index is 1.36. The maximum atomic E-state index is 13.8. The molecule has 2 aromatic heterocycles. The van der Waals surface area contributed by atoms with E-state index in [0.717, 1.165) is 17.5 Å². The molecule has 38 heavy (non-hydrogen) atoms. The molecule has 0 saturated heterocycles. The summed E-state index contributed by atoms with van der Waals surface area (Å²) in [4.78, 5) is 12.0. The van der Waals surface area contributed by atoms with Crippen LogP contribution in [0.5, 0.6) is 11.5 Å². The number of carbonyl (C=O) groups is 1. The second-order valence-corrected chi connectivity index (χ2v) is 8.04. The molecule has 5 aromatic rings. The van der Waals surface area contributed by atoms with E-state index >= 15 is 0 Å². The van der Waals surface area contributed by atoms with Crippen LogP contribution in [0.25, 0.3) is 22.6 Å². The minimum atomic E-state index is -4.82. The van der Waals surface area contributed by atoms with Crippen molar-refractivity contribution in [2.45, 2.75) is 13.1 Å². The minimum absolute atomic E-state index is 0.0541. The van der Waals surface area contributed by atoms with Crippen molar-refractivity contribution in [3.63, 3.8) is 0 Å². The lowest BCUT2D eigenvalue weighted by atomic mass is 10.1. The number of alkyl halides is 3. The van der Waals surface area contributed by atoms with Gasteiger partial charge in [0.15, 0.2) is 5.69 Å². The van der Waals surface area contributed by atoms with Crippen molar-refractivity contribution < 1.29 is 27.4 Å². The Morgan fingerprint density at radius 2 is 1.55 bits per heavy atom. The van der Waals surface area contributed by atoms with Gasteiger partial charge in [0.05, 0.1) is 30.4 Å². The quantitative estimate of drug-likeness (QED) is 0.241. The Hall–Kier alpha value is -4.93. The Morgan fingerprint density at radius 1 is 0.895 bits per heavy atom. The van der Waals surface area contributed by atoms with E-state index in [1.807, 2.05) is 54.6 Å². The van der Waals surface area contributed by atoms with Gasteiger partial charge in [0.1, 0.15) is 22.8 Å². The van der Waals surface area contributed by atoms with Crippen LogP contribution in [-0.4, -0.2) is 37.4 Å². The summed E-state index contributed by atoms with van der Waals surface area (Å²) in [5, 5.41) is 12.1. The Kier molecular flexibility index (Phi) is 6.65. The molecule has 0 aliphatic carbocycles. The van der Waals surface area contributed by atoms with Crippen molar-refractivity contribution in [2.75, 3.05) is 6.61 Å². The van der Waals surface area contributed by atoms with Crippen molar-refractivity contribution in [1.82, 2.24) is 24.8 Å². The molecule has 0 N–H and O–H groups in total. The van der Waals surface area contributed by atoms with Crippen molar-refractivity contribution in [2.24, 2.45) is 0 Å². The van der Waals surface area contributed by atoms with E-state index in [2.05, 4.69) is 15.4 Å². The van der Waals surface area contributed by atoms with Crippen LogP contribution in [0.4, 0.5) is 13.2 Å². The molecule has 8 nitrogen and oxygen atoms in total. The first kappa shape index (κ1) is 24.8. The van der Waals surface area contributed by atoms with E-state index in [1.54, 1.807) is 18.3 Å². The average molecular weight is 519 g/mol. The molecule has 0 bridgehead atoms. The highest BCUT2D eigenvalue weighted by molar-refractivity contribution is 5.90. The summed E-state index contributed by atoms with van der Waals surface area (Å²) in [5.74, 6) is 0.313. The molecule has 0 saturated carbocycles. The van der Waals surface area contributed by atoms with Crippen LogP contribution >= 0.6 is 0 Å². The topological polar surface area (TPSA) is 84.1 Å². The number of hydrogen-bond donors (Lipinski definition) is 0. The third-order valence-electron chi connectivity index (χ3n) is 5.51. The standard InChI is InChI=1S/C27H20F3N5O3/c1-2-37-26(36)23-16-31-35(25(23)27(28,29)30)20-12-10-19(11-13-20)34-17-24(32-33-34)18-8-14-22(15-9-18)38-21-6-4-3-5-7-21/h3-17H,2H2,1H3. The van der Waals surface area contributed by atoms with Gasteiger partial charge >= 0.3 is 12.1 Å². The second kappa shape index (κ2) is 10.2. The van der Waals surface area contributed by atoms with Crippen LogP contribution in [0.1, 0.15) is 23.0 Å². The number of rotatable bonds is 7. The molecule has 0 aliphatic heterocycles. The molecule has 2 heterocycles. The Bertz CT molecular complexity index is 1540. The predicted molar refractivity (Wildman–Crippen MR) is 131 cm³/mol. The van der Waals surface area contributed by atoms with Gasteiger partial charge in [0.2, 0.25) is 0 Å². The monoisotopic (exact) mass is 519 g/mol. The van der Waals surface area contributed by atoms with E-state index in [9.17, 15) is 18.0 Å². The third-order valence-corrected chi connectivity index (χ3v) is 5.51. The molecule has 0 aliphatic rings. The fraction of sp³-hybridized carbons (Fsp3) is 0.111. The smallest absolute Gasteiger partial charge is 0.434 e. The lowest BCUT2D eigenvalue weighted by Crippen LogP contribution is -2.18. The SMILES string of the molecule is CCOC(=O)c1cnn(-c2ccc(-n3cc(-c4ccc(Oc5ccccc5)cc4)nn3)cc2)c1C(F)(F)F. The summed E-state index contributed by atoms with van der Waals surface area (Å²) in [6.07, 6.45) is -2.26. The highest BCUT2D eigenvalue weighted by Gasteiger charge is 2.41. The number of halogens is 3. The van der Waals surface area contributed by atoms with Crippen LogP contribution in [0.15, 0.2) is 91.3 Å². The molecule has 5 rings (SSSR count). The van der Waals surface area contributed by atoms with Gasteiger partial charge in [-0.05, 0) is 67.6 Å². The number of esters is 1. The van der Waals surface area contributed by atoms with Crippen LogP contribution < -0.4 is 4.74 Å². The number of benzene rings is 3. The van der Waals surface area contributed by atoms with E-state index in [4.69, 9.17) is 9.47 Å². The van der Waals surface area contributed by atoms with Crippen LogP contribution in [-0.2, 0) is 10.9 Å². The van der Waals surface area contributed by atoms with E-state index < -0.39 is 23.4 Å². The molecule has 0 atom stereocenters. The second-order valence-electron chi connectivity index (χ2n) is 8.04. The fourth-order valence-corrected chi connectivity index (χ4v) is 3.76. The molecule has 0 spiro atoms. The summed E-state index contributed by atoms with van der Waals surface area (Å²) in [7, 11) is 0. The number of para-hydroxylation sites is 1. The Labute approximate surface area is 214 Å². The van der Waals surface area contributed by atoms with Crippen molar-refractivity contribution in [1.29, 1.82) is 0 Å². The fourth-order valence-electron chi connectivity index (χ4n) is 3.76. The number of hydrogen-bond acceptors (Lipinski definition) is 6. The average Bonchev–Trinajstić information content (AvgIpc) is 3.58. The number of ether oxygens (including phenoxy) is 2. The van der Waals surface area contributed by atoms with Crippen LogP contribution in [0.3, 0.4) is 0 Å². The molecular weight excluding hydrogens is 499 g/mol. The molecule has 0 radical (unpaired) electrons. The third kappa shape index (κ3) is 5.12. The van der Waals surface area contributed by atoms with Gasteiger partial charge in [0.25, 0.3) is 0 Å². The molecule has 192 valence electrons. The van der Waals surface area contributed by atoms with Gasteiger partial charge < -0.3 is 9.47 Å². The van der Waals surface area contributed by atoms with E-state index in [1.165, 1.54) is 23.7 Å². The maximum absolute atomic E-state index is 13.8. The van der Waals surface area contributed by atoms with Crippen LogP contribution in [0.2, 0.25) is 0 Å². The summed E-state index contributed by atoms with van der Waals surface area (Å²) < 4.78 is 54.0. The lowest BCUT2D eigenvalue weighted by molar-refractivity contribution is -0.143. The zero-order valence-electron chi connectivity index (χ0n) is 20.0. The predicted octanol–water partition coefficient (Wildman–Crippen LogP) is 6.11. The largest absolute Gasteiger partial charge is 0.462 e. The van der Waals surface area contributed by atoms with Crippen LogP contribution in [0, 0.1) is 0 Å². The van der Waals surface area contributed by atoms with E-state index in [0.29, 0.717) is 21.8 Å². The maximum Gasteiger partial charge on any atom is 0.434 e. The first-order valence-electron chi connectivity index (χ1n) is 11.5. The zero-order valence-corrected chi connectivity index (χ0v) is 20.0. The van der Waals surface area contributed by atoms with Crippen molar-refractivity contribution in [3.8, 4) is 34.1 Å². The molecule has 0 amide bonds. The lowest BCUT2D eigenvalue weighted by Gasteiger charge is -2.12. The number of nitrogens with zero attached hydrogens (tertiary/aromatic N) is 5. The molecule has 3 aromatic carbocycles. The van der Waals surface area contributed by atoms with Gasteiger partial charge in [-0.25, -0.2) is 14.2 Å². The van der Waals surface area contributed by atoms with E-state index in [-0.39, 0.29) is 12.3 Å². The number of carbonyl (C=O) groups excluding carboxylic acids is 1. The highest BCUT2D eigenvalue weighted by Crippen LogP contribution is 2.34. The first-order chi connectivity index (χ1) is 18.3. The van der Waals surface area contributed by atoms with Gasteiger partial charge in [0, 0.05) is 5.56 Å². The summed E-state index contributed by atoms with van der Waals surface area (Å²) in [6.45, 7) is 1.46. The van der Waals surface area contributed by atoms with Gasteiger partial charge in [-0.15, -0.1) is 5.10 Å². The highest BCUT2D eigenvalue weighted by atomic mass is 19.4.